The Morgan fingerprint density at radius 2 is 2.16 bits per heavy atom. The minimum absolute atomic E-state index is 0.105. The Morgan fingerprint density at radius 1 is 1.36 bits per heavy atom. The van der Waals surface area contributed by atoms with Crippen LogP contribution in [0.15, 0.2) is 18.2 Å². The van der Waals surface area contributed by atoms with Crippen molar-refractivity contribution in [1.82, 2.24) is 5.32 Å². The van der Waals surface area contributed by atoms with Crippen molar-refractivity contribution in [2.24, 2.45) is 17.8 Å². The molecule has 3 rings (SSSR count). The number of methoxy groups -OCH3 is 1. The van der Waals surface area contributed by atoms with Gasteiger partial charge in [0.25, 0.3) is 11.6 Å². The summed E-state index contributed by atoms with van der Waals surface area (Å²) in [5.41, 5.74) is -0.105. The highest BCUT2D eigenvalue weighted by molar-refractivity contribution is 5.78. The van der Waals surface area contributed by atoms with Crippen molar-refractivity contribution in [3.05, 3.63) is 28.3 Å². The minimum atomic E-state index is -0.510. The lowest BCUT2D eigenvalue weighted by molar-refractivity contribution is -0.385. The molecular weight excluding hydrogens is 324 g/mol. The fourth-order valence-electron chi connectivity index (χ4n) is 4.34. The number of carbonyl (C=O) groups is 1. The summed E-state index contributed by atoms with van der Waals surface area (Å²) in [6, 6.07) is 4.19. The summed E-state index contributed by atoms with van der Waals surface area (Å²) in [5, 5.41) is 13.9. The first-order chi connectivity index (χ1) is 12.0. The van der Waals surface area contributed by atoms with Gasteiger partial charge in [-0.2, -0.15) is 0 Å². The van der Waals surface area contributed by atoms with Crippen LogP contribution in [0.2, 0.25) is 0 Å². The molecular formula is C18H24N2O5. The highest BCUT2D eigenvalue weighted by Crippen LogP contribution is 2.49. The molecule has 25 heavy (non-hydrogen) atoms. The number of nitrogens with zero attached hydrogens (tertiary/aromatic N) is 1. The smallest absolute Gasteiger partial charge is 0.273 e. The second-order valence-electron chi connectivity index (χ2n) is 7.08. The molecule has 0 aromatic heterocycles. The first kappa shape index (κ1) is 17.5. The summed E-state index contributed by atoms with van der Waals surface area (Å²) in [6.07, 6.45) is 5.10. The molecule has 0 radical (unpaired) electrons. The van der Waals surface area contributed by atoms with Gasteiger partial charge in [0.05, 0.1) is 18.1 Å². The molecule has 2 fully saturated rings. The third kappa shape index (κ3) is 3.86. The monoisotopic (exact) mass is 348 g/mol. The number of ether oxygens (including phenoxy) is 2. The standard InChI is InChI=1S/C18H24N2O5/c1-11(15-8-12-3-4-13(15)7-12)19-18(21)10-25-17-9-14(20(22)23)5-6-16(17)24-2/h5-6,9,11-13,15H,3-4,7-8,10H2,1-2H3,(H,19,21). The molecule has 1 aromatic rings. The average Bonchev–Trinajstić information content (AvgIpc) is 3.22. The maximum absolute atomic E-state index is 12.2. The maximum Gasteiger partial charge on any atom is 0.273 e. The van der Waals surface area contributed by atoms with Crippen LogP contribution < -0.4 is 14.8 Å². The van der Waals surface area contributed by atoms with E-state index in [1.165, 1.54) is 51.0 Å². The molecule has 4 atom stereocenters. The Morgan fingerprint density at radius 3 is 2.76 bits per heavy atom. The van der Waals surface area contributed by atoms with E-state index in [0.717, 1.165) is 11.8 Å². The van der Waals surface area contributed by atoms with Crippen LogP contribution in [0.3, 0.4) is 0 Å². The second-order valence-corrected chi connectivity index (χ2v) is 7.08. The van der Waals surface area contributed by atoms with Gasteiger partial charge in [-0.3, -0.25) is 14.9 Å². The predicted molar refractivity (Wildman–Crippen MR) is 91.7 cm³/mol. The summed E-state index contributed by atoms with van der Waals surface area (Å²) in [4.78, 5) is 22.6. The lowest BCUT2D eigenvalue weighted by Crippen LogP contribution is -2.42. The molecule has 1 aromatic carbocycles. The van der Waals surface area contributed by atoms with E-state index in [2.05, 4.69) is 12.2 Å². The van der Waals surface area contributed by atoms with E-state index >= 15 is 0 Å². The Kier molecular flexibility index (Phi) is 5.11. The number of non-ortho nitro benzene ring substituents is 1. The number of fused-ring (bicyclic) bond motifs is 2. The van der Waals surface area contributed by atoms with E-state index in [9.17, 15) is 14.9 Å². The number of carbonyl (C=O) groups excluding carboxylic acids is 1. The van der Waals surface area contributed by atoms with Gasteiger partial charge in [0.15, 0.2) is 18.1 Å². The largest absolute Gasteiger partial charge is 0.493 e. The van der Waals surface area contributed by atoms with Gasteiger partial charge in [-0.1, -0.05) is 6.42 Å². The fraction of sp³-hybridized carbons (Fsp3) is 0.611. The quantitative estimate of drug-likeness (QED) is 0.604. The van der Waals surface area contributed by atoms with Gasteiger partial charge >= 0.3 is 0 Å². The number of nitro groups is 1. The molecule has 2 saturated carbocycles. The van der Waals surface area contributed by atoms with Crippen LogP contribution >= 0.6 is 0 Å². The number of hydrogen-bond acceptors (Lipinski definition) is 5. The molecule has 2 bridgehead atoms. The number of rotatable bonds is 7. The summed E-state index contributed by atoms with van der Waals surface area (Å²) in [7, 11) is 1.45. The van der Waals surface area contributed by atoms with E-state index in [1.807, 2.05) is 0 Å². The molecule has 0 saturated heterocycles. The van der Waals surface area contributed by atoms with Crippen LogP contribution in [0, 0.1) is 27.9 Å². The van der Waals surface area contributed by atoms with Crippen LogP contribution in [0.5, 0.6) is 11.5 Å². The van der Waals surface area contributed by atoms with Crippen molar-refractivity contribution < 1.29 is 19.2 Å². The van der Waals surface area contributed by atoms with Crippen LogP contribution in [-0.2, 0) is 4.79 Å². The van der Waals surface area contributed by atoms with Crippen molar-refractivity contribution in [2.75, 3.05) is 13.7 Å². The van der Waals surface area contributed by atoms with Gasteiger partial charge in [0, 0.05) is 12.1 Å². The number of nitro benzene ring substituents is 1. The van der Waals surface area contributed by atoms with Crippen molar-refractivity contribution in [3.63, 3.8) is 0 Å². The average molecular weight is 348 g/mol. The molecule has 1 N–H and O–H groups in total. The Balaban J connectivity index is 1.55. The van der Waals surface area contributed by atoms with Crippen molar-refractivity contribution in [1.29, 1.82) is 0 Å². The van der Waals surface area contributed by atoms with E-state index in [1.54, 1.807) is 0 Å². The molecule has 2 aliphatic carbocycles. The first-order valence-electron chi connectivity index (χ1n) is 8.72. The van der Waals surface area contributed by atoms with E-state index in [-0.39, 0.29) is 30.0 Å². The van der Waals surface area contributed by atoms with Gasteiger partial charge in [-0.25, -0.2) is 0 Å². The van der Waals surface area contributed by atoms with Gasteiger partial charge in [-0.15, -0.1) is 0 Å². The second kappa shape index (κ2) is 7.29. The molecule has 7 nitrogen and oxygen atoms in total. The normalized spacial score (nSPS) is 25.4. The SMILES string of the molecule is COc1ccc([N+](=O)[O-])cc1OCC(=O)NC(C)C1CC2CCC1C2. The summed E-state index contributed by atoms with van der Waals surface area (Å²) < 4.78 is 10.6. The third-order valence-electron chi connectivity index (χ3n) is 5.54. The summed E-state index contributed by atoms with van der Waals surface area (Å²) in [5.74, 6) is 2.45. The number of nitrogens with one attached hydrogen (secondary N) is 1. The third-order valence-corrected chi connectivity index (χ3v) is 5.54. The van der Waals surface area contributed by atoms with E-state index < -0.39 is 4.92 Å². The van der Waals surface area contributed by atoms with E-state index in [4.69, 9.17) is 9.47 Å². The molecule has 0 spiro atoms. The van der Waals surface area contributed by atoms with Crippen molar-refractivity contribution in [3.8, 4) is 11.5 Å². The maximum atomic E-state index is 12.2. The molecule has 0 heterocycles. The van der Waals surface area contributed by atoms with Crippen LogP contribution in [-0.4, -0.2) is 30.6 Å². The fourth-order valence-corrected chi connectivity index (χ4v) is 4.34. The lowest BCUT2D eigenvalue weighted by Gasteiger charge is -2.28. The zero-order valence-electron chi connectivity index (χ0n) is 14.6. The molecule has 4 unspecified atom stereocenters. The summed E-state index contributed by atoms with van der Waals surface area (Å²) >= 11 is 0. The lowest BCUT2D eigenvalue weighted by atomic mass is 9.84. The summed E-state index contributed by atoms with van der Waals surface area (Å²) in [6.45, 7) is 1.86. The van der Waals surface area contributed by atoms with E-state index in [0.29, 0.717) is 11.7 Å². The van der Waals surface area contributed by atoms with Crippen LogP contribution in [0.25, 0.3) is 0 Å². The first-order valence-corrected chi connectivity index (χ1v) is 8.72. The topological polar surface area (TPSA) is 90.7 Å². The molecule has 136 valence electrons. The molecule has 7 heteroatoms. The number of hydrogen-bond donors (Lipinski definition) is 1. The van der Waals surface area contributed by atoms with Crippen molar-refractivity contribution >= 4 is 11.6 Å². The van der Waals surface area contributed by atoms with Crippen LogP contribution in [0.1, 0.15) is 32.6 Å². The highest BCUT2D eigenvalue weighted by Gasteiger charge is 2.42. The molecule has 1 amide bonds. The Hall–Kier alpha value is -2.31. The zero-order valence-corrected chi connectivity index (χ0v) is 14.6. The number of amides is 1. The Bertz CT molecular complexity index is 663. The van der Waals surface area contributed by atoms with Gasteiger partial charge in [0.1, 0.15) is 0 Å². The van der Waals surface area contributed by atoms with Crippen LogP contribution in [0.4, 0.5) is 5.69 Å². The molecule has 0 aliphatic heterocycles. The minimum Gasteiger partial charge on any atom is -0.493 e. The van der Waals surface area contributed by atoms with Gasteiger partial charge < -0.3 is 14.8 Å². The number of benzene rings is 1. The molecule has 2 aliphatic rings. The Labute approximate surface area is 146 Å². The van der Waals surface area contributed by atoms with Gasteiger partial charge in [-0.05, 0) is 50.0 Å². The predicted octanol–water partition coefficient (Wildman–Crippen LogP) is 2.92. The van der Waals surface area contributed by atoms with Crippen molar-refractivity contribution in [2.45, 2.75) is 38.6 Å². The highest BCUT2D eigenvalue weighted by atomic mass is 16.6. The van der Waals surface area contributed by atoms with Gasteiger partial charge in [0.2, 0.25) is 0 Å². The zero-order chi connectivity index (χ0) is 18.0.